The second-order valence-corrected chi connectivity index (χ2v) is 4.47. The van der Waals surface area contributed by atoms with Gasteiger partial charge in [-0.2, -0.15) is 5.10 Å². The minimum Gasteiger partial charge on any atom is -0.478 e. The summed E-state index contributed by atoms with van der Waals surface area (Å²) in [5.74, 6) is -0.999. The molecule has 7 heteroatoms. The lowest BCUT2D eigenvalue weighted by molar-refractivity contribution is 0.0698. The number of nitrogens with zero attached hydrogens (tertiary/aromatic N) is 5. The smallest absolute Gasteiger partial charge is 0.337 e. The highest BCUT2D eigenvalue weighted by molar-refractivity contribution is 6.01. The van der Waals surface area contributed by atoms with Gasteiger partial charge in [0.05, 0.1) is 17.5 Å². The van der Waals surface area contributed by atoms with E-state index in [0.29, 0.717) is 11.0 Å². The molecule has 0 unspecified atom stereocenters. The summed E-state index contributed by atoms with van der Waals surface area (Å²) >= 11 is 0. The van der Waals surface area contributed by atoms with Crippen molar-refractivity contribution in [3.05, 3.63) is 35.7 Å². The lowest BCUT2D eigenvalue weighted by Gasteiger charge is -2.03. The average Bonchev–Trinajstić information content (AvgIpc) is 3.00. The van der Waals surface area contributed by atoms with Gasteiger partial charge in [0.25, 0.3) is 0 Å². The number of para-hydroxylation sites is 1. The second-order valence-electron chi connectivity index (χ2n) is 4.47. The van der Waals surface area contributed by atoms with Gasteiger partial charge in [0.15, 0.2) is 0 Å². The normalized spacial score (nSPS) is 11.1. The summed E-state index contributed by atoms with van der Waals surface area (Å²) in [6.07, 6.45) is 2.54. The molecule has 0 aliphatic carbocycles. The Labute approximate surface area is 114 Å². The van der Waals surface area contributed by atoms with E-state index in [1.807, 2.05) is 20.2 Å². The molecule has 102 valence electrons. The third-order valence-corrected chi connectivity index (χ3v) is 3.15. The topological polar surface area (TPSA) is 85.8 Å². The molecule has 0 saturated carbocycles. The molecule has 1 aromatic carbocycles. The van der Waals surface area contributed by atoms with Crippen LogP contribution in [0, 0.1) is 0 Å². The molecule has 7 nitrogen and oxygen atoms in total. The molecular formula is C13H13N5O2. The fourth-order valence-electron chi connectivity index (χ4n) is 2.26. The van der Waals surface area contributed by atoms with Crippen LogP contribution in [0.3, 0.4) is 0 Å². The number of aryl methyl sites for hydroxylation is 2. The predicted molar refractivity (Wildman–Crippen MR) is 72.0 cm³/mol. The predicted octanol–water partition coefficient (Wildman–Crippen LogP) is 1.41. The van der Waals surface area contributed by atoms with E-state index in [0.717, 1.165) is 17.8 Å². The molecule has 3 rings (SSSR count). The van der Waals surface area contributed by atoms with Crippen LogP contribution in [-0.4, -0.2) is 35.9 Å². The number of carboxylic acid groups (broad SMARTS) is 1. The molecule has 0 bridgehead atoms. The molecule has 2 heterocycles. The second kappa shape index (κ2) is 4.44. The van der Waals surface area contributed by atoms with Crippen molar-refractivity contribution in [2.24, 2.45) is 7.05 Å². The van der Waals surface area contributed by atoms with Crippen molar-refractivity contribution in [2.45, 2.75) is 13.3 Å². The molecule has 0 atom stereocenters. The zero-order valence-corrected chi connectivity index (χ0v) is 11.1. The number of benzene rings is 1. The maximum absolute atomic E-state index is 11.4. The summed E-state index contributed by atoms with van der Waals surface area (Å²) in [7, 11) is 1.82. The third-order valence-electron chi connectivity index (χ3n) is 3.15. The highest BCUT2D eigenvalue weighted by Gasteiger charge is 2.18. The van der Waals surface area contributed by atoms with Crippen LogP contribution in [0.2, 0.25) is 0 Å². The van der Waals surface area contributed by atoms with Gasteiger partial charge in [0.1, 0.15) is 16.7 Å². The number of aromatic nitrogens is 5. The first-order valence-corrected chi connectivity index (χ1v) is 6.22. The number of aromatic carboxylic acids is 1. The molecule has 0 fully saturated rings. The highest BCUT2D eigenvalue weighted by Crippen LogP contribution is 2.22. The number of fused-ring (bicyclic) bond motifs is 1. The number of hydrogen-bond donors (Lipinski definition) is 1. The summed E-state index contributed by atoms with van der Waals surface area (Å²) in [5.41, 5.74) is 2.82. The molecule has 2 aromatic heterocycles. The highest BCUT2D eigenvalue weighted by atomic mass is 16.4. The van der Waals surface area contributed by atoms with Crippen molar-refractivity contribution < 1.29 is 9.90 Å². The van der Waals surface area contributed by atoms with Crippen molar-refractivity contribution in [1.82, 2.24) is 24.8 Å². The Kier molecular flexibility index (Phi) is 2.74. The Morgan fingerprint density at radius 1 is 1.40 bits per heavy atom. The Balaban J connectivity index is 2.34. The van der Waals surface area contributed by atoms with Crippen LogP contribution in [0.1, 0.15) is 23.0 Å². The first kappa shape index (κ1) is 12.3. The van der Waals surface area contributed by atoms with Gasteiger partial charge < -0.3 is 5.11 Å². The van der Waals surface area contributed by atoms with E-state index in [1.165, 1.54) is 0 Å². The quantitative estimate of drug-likeness (QED) is 0.778. The minimum absolute atomic E-state index is 0.179. The largest absolute Gasteiger partial charge is 0.478 e. The molecule has 3 aromatic rings. The van der Waals surface area contributed by atoms with Crippen LogP contribution >= 0.6 is 0 Å². The zero-order chi connectivity index (χ0) is 14.3. The van der Waals surface area contributed by atoms with Crippen molar-refractivity contribution in [3.8, 4) is 5.69 Å². The lowest BCUT2D eigenvalue weighted by Crippen LogP contribution is -2.04. The molecule has 0 saturated heterocycles. The van der Waals surface area contributed by atoms with Gasteiger partial charge >= 0.3 is 5.97 Å². The van der Waals surface area contributed by atoms with Crippen LogP contribution in [0.5, 0.6) is 0 Å². The summed E-state index contributed by atoms with van der Waals surface area (Å²) in [6, 6.07) is 4.95. The Hall–Kier alpha value is -2.70. The van der Waals surface area contributed by atoms with Gasteiger partial charge in [-0.25, -0.2) is 9.48 Å². The summed E-state index contributed by atoms with van der Waals surface area (Å²) < 4.78 is 3.23. The SMILES string of the molecule is CCc1nn(C)cc1-n1nnc2cccc(C(=O)O)c21. The van der Waals surface area contributed by atoms with Gasteiger partial charge in [0, 0.05) is 7.05 Å². The fourth-order valence-corrected chi connectivity index (χ4v) is 2.26. The van der Waals surface area contributed by atoms with E-state index in [9.17, 15) is 9.90 Å². The molecule has 0 radical (unpaired) electrons. The van der Waals surface area contributed by atoms with Gasteiger partial charge in [-0.05, 0) is 18.6 Å². The van der Waals surface area contributed by atoms with E-state index in [-0.39, 0.29) is 5.56 Å². The molecule has 0 aliphatic rings. The number of rotatable bonds is 3. The van der Waals surface area contributed by atoms with Crippen molar-refractivity contribution in [1.29, 1.82) is 0 Å². The van der Waals surface area contributed by atoms with E-state index < -0.39 is 5.97 Å². The van der Waals surface area contributed by atoms with E-state index in [1.54, 1.807) is 27.6 Å². The first-order chi connectivity index (χ1) is 9.61. The van der Waals surface area contributed by atoms with Crippen LogP contribution in [0.15, 0.2) is 24.4 Å². The molecular weight excluding hydrogens is 258 g/mol. The maximum Gasteiger partial charge on any atom is 0.337 e. The van der Waals surface area contributed by atoms with Crippen LogP contribution < -0.4 is 0 Å². The van der Waals surface area contributed by atoms with Crippen molar-refractivity contribution in [2.75, 3.05) is 0 Å². The monoisotopic (exact) mass is 271 g/mol. The van der Waals surface area contributed by atoms with E-state index in [2.05, 4.69) is 15.4 Å². The maximum atomic E-state index is 11.4. The van der Waals surface area contributed by atoms with Crippen LogP contribution in [0.4, 0.5) is 0 Å². The zero-order valence-electron chi connectivity index (χ0n) is 11.1. The van der Waals surface area contributed by atoms with Gasteiger partial charge in [-0.15, -0.1) is 5.10 Å². The molecule has 0 amide bonds. The van der Waals surface area contributed by atoms with Gasteiger partial charge in [-0.1, -0.05) is 18.2 Å². The number of carboxylic acids is 1. The summed E-state index contributed by atoms with van der Waals surface area (Å²) in [4.78, 5) is 11.4. The Morgan fingerprint density at radius 3 is 2.90 bits per heavy atom. The van der Waals surface area contributed by atoms with Gasteiger partial charge in [-0.3, -0.25) is 4.68 Å². The fraction of sp³-hybridized carbons (Fsp3) is 0.231. The van der Waals surface area contributed by atoms with E-state index in [4.69, 9.17) is 0 Å². The van der Waals surface area contributed by atoms with Crippen LogP contribution in [-0.2, 0) is 13.5 Å². The standard InChI is InChI=1S/C13H13N5O2/c1-3-9-11(7-17(2)15-9)18-12-8(13(19)20)5-4-6-10(12)14-16-18/h4-7H,3H2,1-2H3,(H,19,20). The van der Waals surface area contributed by atoms with Crippen molar-refractivity contribution >= 4 is 17.0 Å². The molecule has 20 heavy (non-hydrogen) atoms. The van der Waals surface area contributed by atoms with E-state index >= 15 is 0 Å². The lowest BCUT2D eigenvalue weighted by atomic mass is 10.2. The van der Waals surface area contributed by atoms with Crippen LogP contribution in [0.25, 0.3) is 16.7 Å². The molecule has 1 N–H and O–H groups in total. The summed E-state index contributed by atoms with van der Waals surface area (Å²) in [6.45, 7) is 1.99. The molecule has 0 spiro atoms. The van der Waals surface area contributed by atoms with Gasteiger partial charge in [0.2, 0.25) is 0 Å². The number of hydrogen-bond acceptors (Lipinski definition) is 4. The van der Waals surface area contributed by atoms with Crippen molar-refractivity contribution in [3.63, 3.8) is 0 Å². The minimum atomic E-state index is -0.999. The third kappa shape index (κ3) is 1.75. The number of carbonyl (C=O) groups is 1. The Morgan fingerprint density at radius 2 is 2.20 bits per heavy atom. The average molecular weight is 271 g/mol. The first-order valence-electron chi connectivity index (χ1n) is 6.22. The summed E-state index contributed by atoms with van der Waals surface area (Å²) in [5, 5.41) is 21.8. The Bertz CT molecular complexity index is 802. The molecule has 0 aliphatic heterocycles.